The van der Waals surface area contributed by atoms with Gasteiger partial charge in [-0.05, 0) is 0 Å². The fourth-order valence-electron chi connectivity index (χ4n) is 0. The van der Waals surface area contributed by atoms with E-state index in [9.17, 15) is 0 Å². The van der Waals surface area contributed by atoms with E-state index in [1.165, 1.54) is 0 Å². The van der Waals surface area contributed by atoms with Crippen LogP contribution in [-0.4, -0.2) is 0 Å². The minimum absolute atomic E-state index is 0. The highest BCUT2D eigenvalue weighted by Crippen LogP contribution is 1.12. The molecule has 0 atom stereocenters. The molecule has 0 amide bonds. The van der Waals surface area contributed by atoms with Crippen molar-refractivity contribution in [2.24, 2.45) is 11.1 Å². The van der Waals surface area contributed by atoms with Gasteiger partial charge in [0.15, 0.2) is 0 Å². The van der Waals surface area contributed by atoms with Crippen LogP contribution in [0, 0.1) is 4.91 Å². The lowest BCUT2D eigenvalue weighted by Gasteiger charge is -1.33. The Hall–Kier alpha value is -0.600. The van der Waals surface area contributed by atoms with Crippen molar-refractivity contribution in [3.8, 4) is 0 Å². The van der Waals surface area contributed by atoms with Gasteiger partial charge >= 0.3 is 0 Å². The molecule has 0 saturated heterocycles. The van der Waals surface area contributed by atoms with Crippen molar-refractivity contribution in [1.29, 1.82) is 0 Å². The van der Waals surface area contributed by atoms with Gasteiger partial charge in [0.25, 0.3) is 0 Å². The van der Waals surface area contributed by atoms with E-state index in [0.717, 1.165) is 0 Å². The molecule has 0 radical (unpaired) electrons. The number of rotatable bonds is 0. The van der Waals surface area contributed by atoms with Crippen LogP contribution < -0.4 is 5.84 Å². The van der Waals surface area contributed by atoms with Gasteiger partial charge in [-0.25, -0.2) is 0 Å². The summed E-state index contributed by atoms with van der Waals surface area (Å²) in [7, 11) is 0. The van der Waals surface area contributed by atoms with Gasteiger partial charge in [0.2, 0.25) is 0 Å². The Morgan fingerprint density at radius 3 is 1.75 bits per heavy atom. The zero-order valence-electron chi connectivity index (χ0n) is 1.43. The predicted molar refractivity (Wildman–Crippen MR) is 16.7 cm³/mol. The topological polar surface area (TPSA) is 55.4 Å². The van der Waals surface area contributed by atoms with E-state index in [1.54, 1.807) is 5.29 Å². The van der Waals surface area contributed by atoms with Crippen LogP contribution in [0.3, 0.4) is 0 Å². The Labute approximate surface area is 24.7 Å². The number of nitrogens with two attached hydrogens (primary N) is 1. The van der Waals surface area contributed by atoms with Crippen LogP contribution in [0.4, 0.5) is 0 Å². The zero-order valence-corrected chi connectivity index (χ0v) is 1.43. The van der Waals surface area contributed by atoms with Crippen molar-refractivity contribution in [3.63, 3.8) is 0 Å². The largest absolute Gasteiger partial charge is 0.287 e. The number of hydrogen-bond acceptors (Lipinski definition) is 2. The van der Waals surface area contributed by atoms with Crippen molar-refractivity contribution in [2.45, 2.75) is 7.43 Å². The second kappa shape index (κ2) is 29.4. The maximum absolute atomic E-state index is 8.33. The molecule has 3 heteroatoms. The van der Waals surface area contributed by atoms with Crippen molar-refractivity contribution in [1.82, 2.24) is 0 Å². The number of hydrogen-bond donors (Lipinski definition) is 1. The molecule has 0 aromatic carbocycles. The van der Waals surface area contributed by atoms with Gasteiger partial charge in [0.05, 0.1) is 0 Å². The summed E-state index contributed by atoms with van der Waals surface area (Å²) in [5.74, 6) is 3.92. The highest BCUT2D eigenvalue weighted by molar-refractivity contribution is 3.93. The summed E-state index contributed by atoms with van der Waals surface area (Å²) >= 11 is 0. The monoisotopic (exact) mass is 62.0 g/mol. The van der Waals surface area contributed by atoms with Crippen LogP contribution in [0.1, 0.15) is 7.43 Å². The fraction of sp³-hybridized carbons (Fsp3) is 1.00. The minimum Gasteiger partial charge on any atom is -0.287 e. The molecule has 0 aromatic heterocycles. The van der Waals surface area contributed by atoms with Gasteiger partial charge in [0, 0.05) is 5.29 Å². The maximum Gasteiger partial charge on any atom is 0.0468 e. The first-order valence-corrected chi connectivity index (χ1v) is 0.441. The third kappa shape index (κ3) is 0.622. The van der Waals surface area contributed by atoms with Crippen LogP contribution in [-0.2, 0) is 0 Å². The van der Waals surface area contributed by atoms with Crippen LogP contribution in [0.15, 0.2) is 5.29 Å². The van der Waals surface area contributed by atoms with Gasteiger partial charge in [0.1, 0.15) is 0 Å². The Bertz CT molecular complexity index is 13.5. The highest BCUT2D eigenvalue weighted by atomic mass is 16.3. The van der Waals surface area contributed by atoms with Crippen LogP contribution >= 0.6 is 0 Å². The summed E-state index contributed by atoms with van der Waals surface area (Å²) < 4.78 is 0. The third-order valence-corrected chi connectivity index (χ3v) is 0. The van der Waals surface area contributed by atoms with E-state index in [0.29, 0.717) is 0 Å². The second-order valence-electron chi connectivity index (χ2n) is 0.105. The molecule has 0 heterocycles. The minimum atomic E-state index is 0. The Balaban J connectivity index is 0. The quantitative estimate of drug-likeness (QED) is 0.248. The van der Waals surface area contributed by atoms with E-state index in [2.05, 4.69) is 5.84 Å². The van der Waals surface area contributed by atoms with E-state index >= 15 is 0 Å². The normalized spacial score (nSPS) is 3.00. The summed E-state index contributed by atoms with van der Waals surface area (Å²) in [6, 6.07) is 0. The van der Waals surface area contributed by atoms with Crippen LogP contribution in [0.5, 0.6) is 0 Å². The van der Waals surface area contributed by atoms with Crippen molar-refractivity contribution >= 4 is 0 Å². The molecule has 0 aliphatic rings. The molecule has 0 spiro atoms. The van der Waals surface area contributed by atoms with Crippen LogP contribution in [0.25, 0.3) is 0 Å². The molecule has 0 aliphatic carbocycles. The lowest BCUT2D eigenvalue weighted by molar-refractivity contribution is 1.23. The highest BCUT2D eigenvalue weighted by Gasteiger charge is 1.14. The lowest BCUT2D eigenvalue weighted by Crippen LogP contribution is -1.66. The molecule has 0 fully saturated rings. The molecule has 0 aromatic rings. The molecular weight excluding hydrogens is 56.0 g/mol. The molecule has 0 bridgehead atoms. The summed E-state index contributed by atoms with van der Waals surface area (Å²) in [6.07, 6.45) is 0. The van der Waals surface area contributed by atoms with Gasteiger partial charge in [-0.2, -0.15) is 0 Å². The van der Waals surface area contributed by atoms with Gasteiger partial charge in [-0.15, -0.1) is 4.91 Å². The van der Waals surface area contributed by atoms with Crippen LogP contribution in [0.2, 0.25) is 0 Å². The number of nitrogens with zero attached hydrogens (tertiary/aromatic N) is 1. The fourth-order valence-corrected chi connectivity index (χ4v) is 0. The molecule has 0 saturated carbocycles. The first-order chi connectivity index (χ1) is 1.41. The first-order valence-electron chi connectivity index (χ1n) is 0.441. The van der Waals surface area contributed by atoms with Gasteiger partial charge in [-0.3, -0.25) is 5.84 Å². The number of nitroso groups, excluding NO2 is 1. The van der Waals surface area contributed by atoms with E-state index < -0.39 is 0 Å². The van der Waals surface area contributed by atoms with E-state index in [4.69, 9.17) is 4.91 Å². The molecular formula is CH6N2O. The van der Waals surface area contributed by atoms with E-state index in [1.807, 2.05) is 0 Å². The standard InChI is InChI=1S/CH4.H2N2O/c;1-2-3/h1H4;(H2,1,3). The Morgan fingerprint density at radius 2 is 1.75 bits per heavy atom. The average molecular weight is 62.1 g/mol. The second-order valence-corrected chi connectivity index (χ2v) is 0.105. The van der Waals surface area contributed by atoms with Crippen molar-refractivity contribution in [3.05, 3.63) is 4.91 Å². The smallest absolute Gasteiger partial charge is 0.0468 e. The van der Waals surface area contributed by atoms with E-state index in [-0.39, 0.29) is 7.43 Å². The maximum atomic E-state index is 8.33. The summed E-state index contributed by atoms with van der Waals surface area (Å²) in [4.78, 5) is 8.33. The summed E-state index contributed by atoms with van der Waals surface area (Å²) in [5.41, 5.74) is 0. The average Bonchev–Trinajstić information content (AvgIpc) is 0.918. The summed E-state index contributed by atoms with van der Waals surface area (Å²) in [5, 5.41) is 1.75. The molecule has 3 nitrogen and oxygen atoms in total. The molecule has 0 unspecified atom stereocenters. The van der Waals surface area contributed by atoms with Gasteiger partial charge in [-0.1, -0.05) is 7.43 Å². The molecule has 0 aliphatic heterocycles. The Morgan fingerprint density at radius 1 is 1.75 bits per heavy atom. The Kier molecular flexibility index (Phi) is 73.4. The zero-order chi connectivity index (χ0) is 2.71. The summed E-state index contributed by atoms with van der Waals surface area (Å²) in [6.45, 7) is 0. The molecule has 26 valence electrons. The molecule has 4 heavy (non-hydrogen) atoms. The molecule has 0 rings (SSSR count). The lowest BCUT2D eigenvalue weighted by atomic mass is 12.0. The third-order valence-electron chi connectivity index (χ3n) is 0. The predicted octanol–water partition coefficient (Wildman–Crippen LogP) is 0.263. The van der Waals surface area contributed by atoms with Crippen molar-refractivity contribution < 1.29 is 0 Å². The SMILES string of the molecule is C.NN=O. The van der Waals surface area contributed by atoms with Crippen molar-refractivity contribution in [2.75, 3.05) is 0 Å². The van der Waals surface area contributed by atoms with Gasteiger partial charge < -0.3 is 0 Å². The first kappa shape index (κ1) is 9.99. The molecule has 2 N–H and O–H groups in total.